The predicted octanol–water partition coefficient (Wildman–Crippen LogP) is 2.09. The van der Waals surface area contributed by atoms with Gasteiger partial charge in [-0.1, -0.05) is 29.8 Å². The van der Waals surface area contributed by atoms with E-state index in [2.05, 4.69) is 15.6 Å². The van der Waals surface area contributed by atoms with Crippen LogP contribution in [0.1, 0.15) is 18.9 Å². The summed E-state index contributed by atoms with van der Waals surface area (Å²) in [6, 6.07) is 7.77. The molecule has 1 aliphatic heterocycles. The van der Waals surface area contributed by atoms with E-state index in [9.17, 15) is 8.42 Å². The highest BCUT2D eigenvalue weighted by molar-refractivity contribution is 14.0. The van der Waals surface area contributed by atoms with Crippen LogP contribution in [0.3, 0.4) is 0 Å². The molecule has 0 atom stereocenters. The molecule has 0 spiro atoms. The van der Waals surface area contributed by atoms with E-state index in [0.717, 1.165) is 23.6 Å². The van der Waals surface area contributed by atoms with E-state index in [1.165, 1.54) is 4.31 Å². The number of aliphatic imine (C=N–C) groups is 1. The minimum absolute atomic E-state index is 0. The first-order valence-electron chi connectivity index (χ1n) is 8.26. The Kier molecular flexibility index (Phi) is 10.1. The lowest BCUT2D eigenvalue weighted by atomic mass is 10.1. The summed E-state index contributed by atoms with van der Waals surface area (Å²) >= 11 is 6.15. The number of halogens is 2. The number of hydrogen-bond donors (Lipinski definition) is 2. The highest BCUT2D eigenvalue weighted by Gasteiger charge is 2.27. The average molecular weight is 501 g/mol. The van der Waals surface area contributed by atoms with Crippen molar-refractivity contribution in [1.82, 2.24) is 14.9 Å². The van der Waals surface area contributed by atoms with Crippen LogP contribution >= 0.6 is 35.6 Å². The summed E-state index contributed by atoms with van der Waals surface area (Å²) < 4.78 is 25.0. The molecule has 6 nitrogen and oxygen atoms in total. The number of hydrogen-bond acceptors (Lipinski definition) is 3. The zero-order valence-electron chi connectivity index (χ0n) is 14.4. The molecule has 1 heterocycles. The van der Waals surface area contributed by atoms with Crippen LogP contribution in [-0.2, 0) is 16.4 Å². The van der Waals surface area contributed by atoms with E-state index in [4.69, 9.17) is 11.6 Å². The Balaban J connectivity index is 0.00000312. The molecule has 142 valence electrons. The Morgan fingerprint density at radius 2 is 2.08 bits per heavy atom. The fourth-order valence-electron chi connectivity index (χ4n) is 2.57. The standard InChI is InChI=1S/C16H25ClN4O2S.HI/c1-2-18-16(19-9-8-14-6-3-4-7-15(14)17)20-10-12-21-11-5-13-24(21,22)23;/h3-4,6-7H,2,5,8-13H2,1H3,(H2,18,19,20);1H. The Morgan fingerprint density at radius 1 is 1.32 bits per heavy atom. The number of rotatable bonds is 7. The summed E-state index contributed by atoms with van der Waals surface area (Å²) in [6.45, 7) is 4.94. The summed E-state index contributed by atoms with van der Waals surface area (Å²) in [6.07, 6.45) is 1.51. The van der Waals surface area contributed by atoms with E-state index in [0.29, 0.717) is 38.6 Å². The van der Waals surface area contributed by atoms with Gasteiger partial charge >= 0.3 is 0 Å². The molecule has 0 aromatic heterocycles. The molecule has 2 rings (SSSR count). The van der Waals surface area contributed by atoms with E-state index in [-0.39, 0.29) is 29.7 Å². The van der Waals surface area contributed by atoms with Crippen molar-refractivity contribution < 1.29 is 8.42 Å². The van der Waals surface area contributed by atoms with E-state index >= 15 is 0 Å². The fourth-order valence-corrected chi connectivity index (χ4v) is 4.32. The first-order chi connectivity index (χ1) is 11.5. The third kappa shape index (κ3) is 7.28. The van der Waals surface area contributed by atoms with Crippen molar-refractivity contribution in [1.29, 1.82) is 0 Å². The summed E-state index contributed by atoms with van der Waals surface area (Å²) in [5.41, 5.74) is 1.09. The average Bonchev–Trinajstić information content (AvgIpc) is 2.88. The topological polar surface area (TPSA) is 73.8 Å². The number of guanidine groups is 1. The van der Waals surface area contributed by atoms with Crippen molar-refractivity contribution in [3.05, 3.63) is 34.9 Å². The maximum absolute atomic E-state index is 11.8. The van der Waals surface area contributed by atoms with E-state index in [1.54, 1.807) is 0 Å². The van der Waals surface area contributed by atoms with Gasteiger partial charge in [-0.15, -0.1) is 24.0 Å². The number of sulfonamides is 1. The summed E-state index contributed by atoms with van der Waals surface area (Å²) in [5.74, 6) is 0.952. The molecule has 1 aliphatic rings. The predicted molar refractivity (Wildman–Crippen MR) is 115 cm³/mol. The van der Waals surface area contributed by atoms with Crippen LogP contribution in [0.2, 0.25) is 5.02 Å². The van der Waals surface area contributed by atoms with Crippen LogP contribution in [0, 0.1) is 0 Å². The molecule has 1 fully saturated rings. The van der Waals surface area contributed by atoms with Crippen molar-refractivity contribution in [2.45, 2.75) is 19.8 Å². The van der Waals surface area contributed by atoms with Gasteiger partial charge in [-0.05, 0) is 31.4 Å². The Labute approximate surface area is 172 Å². The fraction of sp³-hybridized carbons (Fsp3) is 0.562. The minimum atomic E-state index is -3.05. The van der Waals surface area contributed by atoms with Gasteiger partial charge in [-0.25, -0.2) is 12.7 Å². The maximum atomic E-state index is 11.8. The van der Waals surface area contributed by atoms with Gasteiger partial charge < -0.3 is 10.6 Å². The van der Waals surface area contributed by atoms with Crippen LogP contribution in [-0.4, -0.2) is 57.2 Å². The third-order valence-corrected chi connectivity index (χ3v) is 6.14. The van der Waals surface area contributed by atoms with Crippen molar-refractivity contribution in [2.24, 2.45) is 4.99 Å². The number of nitrogens with zero attached hydrogens (tertiary/aromatic N) is 2. The molecule has 1 saturated heterocycles. The highest BCUT2D eigenvalue weighted by Crippen LogP contribution is 2.14. The van der Waals surface area contributed by atoms with E-state index in [1.807, 2.05) is 31.2 Å². The first kappa shape index (κ1) is 22.5. The summed E-state index contributed by atoms with van der Waals surface area (Å²) in [7, 11) is -3.05. The second kappa shape index (κ2) is 11.2. The van der Waals surface area contributed by atoms with E-state index < -0.39 is 10.0 Å². The zero-order chi connectivity index (χ0) is 17.4. The van der Waals surface area contributed by atoms with Gasteiger partial charge in [-0.3, -0.25) is 4.99 Å². The molecule has 0 amide bonds. The maximum Gasteiger partial charge on any atom is 0.214 e. The molecule has 0 radical (unpaired) electrons. The third-order valence-electron chi connectivity index (χ3n) is 3.81. The molecule has 25 heavy (non-hydrogen) atoms. The van der Waals surface area contributed by atoms with Gasteiger partial charge in [0.15, 0.2) is 5.96 Å². The molecule has 1 aromatic carbocycles. The number of benzene rings is 1. The number of nitrogens with one attached hydrogen (secondary N) is 2. The van der Waals surface area contributed by atoms with Crippen LogP contribution in [0.15, 0.2) is 29.3 Å². The summed E-state index contributed by atoms with van der Waals surface area (Å²) in [5, 5.41) is 7.19. The second-order valence-corrected chi connectivity index (χ2v) is 8.09. The Morgan fingerprint density at radius 3 is 2.72 bits per heavy atom. The van der Waals surface area contributed by atoms with Crippen molar-refractivity contribution in [3.8, 4) is 0 Å². The SMILES string of the molecule is CCNC(=NCCN1CCCS1(=O)=O)NCCc1ccccc1Cl.I. The van der Waals surface area contributed by atoms with Crippen LogP contribution in [0.25, 0.3) is 0 Å². The molecule has 0 saturated carbocycles. The largest absolute Gasteiger partial charge is 0.357 e. The van der Waals surface area contributed by atoms with Crippen molar-refractivity contribution in [3.63, 3.8) is 0 Å². The van der Waals surface area contributed by atoms with Gasteiger partial charge in [0.25, 0.3) is 0 Å². The minimum Gasteiger partial charge on any atom is -0.357 e. The molecule has 0 bridgehead atoms. The van der Waals surface area contributed by atoms with Crippen LogP contribution < -0.4 is 10.6 Å². The Hall–Kier alpha value is -0.580. The van der Waals surface area contributed by atoms with Gasteiger partial charge in [0.2, 0.25) is 10.0 Å². The molecular formula is C16H26ClIN4O2S. The monoisotopic (exact) mass is 500 g/mol. The molecule has 1 aromatic rings. The lowest BCUT2D eigenvalue weighted by molar-refractivity contribution is 0.452. The van der Waals surface area contributed by atoms with Crippen LogP contribution in [0.5, 0.6) is 0 Å². The van der Waals surface area contributed by atoms with Crippen molar-refractivity contribution >= 4 is 51.6 Å². The lowest BCUT2D eigenvalue weighted by Crippen LogP contribution is -2.39. The lowest BCUT2D eigenvalue weighted by Gasteiger charge is -2.14. The second-order valence-electron chi connectivity index (χ2n) is 5.60. The molecule has 0 aliphatic carbocycles. The normalized spacial score (nSPS) is 17.1. The molecule has 2 N–H and O–H groups in total. The van der Waals surface area contributed by atoms with Crippen molar-refractivity contribution in [2.75, 3.05) is 38.5 Å². The smallest absolute Gasteiger partial charge is 0.214 e. The molecular weight excluding hydrogens is 475 g/mol. The quantitative estimate of drug-likeness (QED) is 0.342. The first-order valence-corrected chi connectivity index (χ1v) is 10.2. The molecule has 9 heteroatoms. The van der Waals surface area contributed by atoms with Crippen LogP contribution in [0.4, 0.5) is 0 Å². The van der Waals surface area contributed by atoms with Gasteiger partial charge in [0.05, 0.1) is 12.3 Å². The van der Waals surface area contributed by atoms with Gasteiger partial charge in [-0.2, -0.15) is 0 Å². The summed E-state index contributed by atoms with van der Waals surface area (Å²) in [4.78, 5) is 4.45. The Bertz CT molecular complexity index is 670. The van der Waals surface area contributed by atoms with Gasteiger partial charge in [0.1, 0.15) is 0 Å². The molecule has 0 unspecified atom stereocenters. The zero-order valence-corrected chi connectivity index (χ0v) is 18.3. The van der Waals surface area contributed by atoms with Gasteiger partial charge in [0, 0.05) is 31.2 Å². The highest BCUT2D eigenvalue weighted by atomic mass is 127.